The highest BCUT2D eigenvalue weighted by Crippen LogP contribution is 2.52. The number of hydrogen-bond acceptors (Lipinski definition) is 9. The third-order valence-corrected chi connectivity index (χ3v) is 9.63. The van der Waals surface area contributed by atoms with Crippen molar-refractivity contribution in [1.82, 2.24) is 20.0 Å². The van der Waals surface area contributed by atoms with Gasteiger partial charge in [0.2, 0.25) is 5.91 Å². The molecule has 2 N–H and O–H groups in total. The average molecular weight is 560 g/mol. The number of non-ortho nitro benzene ring substituents is 1. The molecule has 0 spiro atoms. The molecule has 0 unspecified atom stereocenters. The van der Waals surface area contributed by atoms with E-state index >= 15 is 0 Å². The minimum absolute atomic E-state index is 0.0447. The standard InChI is InChI=1S/C26H33N5O7S/c1-14-21-20(15(2)32)24(33)30(21)22(25(34)38-13-16-4-6-17(7-5-16)31(36)37)23(14)39-19-10-18(28(3)12-19)11-29-9-8-27-26(29)35/h4-7,14-15,18-21,32H,8-13H2,1-3H3,(H,27,35)/t14-,15-,18+,19+,20-,21-/m1/s1. The highest BCUT2D eigenvalue weighted by Gasteiger charge is 2.60. The molecule has 1 aromatic carbocycles. The number of fused-ring (bicyclic) bond motifs is 1. The second kappa shape index (κ2) is 10.8. The fourth-order valence-electron chi connectivity index (χ4n) is 6.05. The van der Waals surface area contributed by atoms with Gasteiger partial charge in [-0.1, -0.05) is 6.92 Å². The molecule has 4 aliphatic rings. The lowest BCUT2D eigenvalue weighted by atomic mass is 9.79. The Kier molecular flexibility index (Phi) is 7.57. The molecular weight excluding hydrogens is 526 g/mol. The number of thioether (sulfide) groups is 1. The molecule has 3 saturated heterocycles. The first-order chi connectivity index (χ1) is 18.6. The van der Waals surface area contributed by atoms with E-state index in [4.69, 9.17) is 4.74 Å². The largest absolute Gasteiger partial charge is 0.456 e. The SMILES string of the molecule is C[C@@H](O)[C@H]1C(=O)N2C(C(=O)OCc3ccc([N+](=O)[O-])cc3)=C(S[C@H]3C[C@@H](CN4CCNC4=O)N(C)C3)[C@H](C)[C@H]12. The summed E-state index contributed by atoms with van der Waals surface area (Å²) in [7, 11) is 2.03. The third-order valence-electron chi connectivity index (χ3n) is 8.14. The van der Waals surface area contributed by atoms with Gasteiger partial charge in [0.15, 0.2) is 0 Å². The Hall–Kier alpha value is -3.16. The summed E-state index contributed by atoms with van der Waals surface area (Å²) >= 11 is 1.58. The van der Waals surface area contributed by atoms with E-state index in [0.717, 1.165) is 17.9 Å². The van der Waals surface area contributed by atoms with Crippen LogP contribution in [0.4, 0.5) is 10.5 Å². The summed E-state index contributed by atoms with van der Waals surface area (Å²) in [6, 6.07) is 5.59. The maximum absolute atomic E-state index is 13.4. The minimum Gasteiger partial charge on any atom is -0.456 e. The molecule has 210 valence electrons. The predicted molar refractivity (Wildman–Crippen MR) is 142 cm³/mol. The number of nitrogens with one attached hydrogen (secondary N) is 1. The molecule has 12 nitrogen and oxygen atoms in total. The van der Waals surface area contributed by atoms with Gasteiger partial charge in [0, 0.05) is 60.4 Å². The maximum Gasteiger partial charge on any atom is 0.356 e. The number of aliphatic hydroxyl groups excluding tert-OH is 1. The quantitative estimate of drug-likeness (QED) is 0.199. The van der Waals surface area contributed by atoms with Crippen molar-refractivity contribution in [1.29, 1.82) is 0 Å². The van der Waals surface area contributed by atoms with Crippen LogP contribution in [0.25, 0.3) is 0 Å². The van der Waals surface area contributed by atoms with E-state index in [1.807, 2.05) is 18.9 Å². The summed E-state index contributed by atoms with van der Waals surface area (Å²) in [5.74, 6) is -1.65. The number of β-lactam (4-membered cyclic amide) rings is 1. The number of benzene rings is 1. The Labute approximate surface area is 230 Å². The Bertz CT molecular complexity index is 1210. The van der Waals surface area contributed by atoms with E-state index in [-0.39, 0.29) is 53.2 Å². The summed E-state index contributed by atoms with van der Waals surface area (Å²) < 4.78 is 5.60. The Balaban J connectivity index is 1.32. The van der Waals surface area contributed by atoms with Crippen LogP contribution in [0, 0.1) is 22.0 Å². The fraction of sp³-hybridized carbons (Fsp3) is 0.577. The highest BCUT2D eigenvalue weighted by molar-refractivity contribution is 8.03. The molecule has 0 saturated carbocycles. The number of hydrogen-bond donors (Lipinski definition) is 2. The highest BCUT2D eigenvalue weighted by atomic mass is 32.2. The topological polar surface area (TPSA) is 146 Å². The fourth-order valence-corrected chi connectivity index (χ4v) is 7.68. The number of carbonyl (C=O) groups excluding carboxylic acids is 3. The van der Waals surface area contributed by atoms with Gasteiger partial charge in [0.1, 0.15) is 12.3 Å². The number of amides is 3. The molecule has 6 atom stereocenters. The maximum atomic E-state index is 13.4. The number of aliphatic hydroxyl groups is 1. The van der Waals surface area contributed by atoms with Crippen molar-refractivity contribution in [2.75, 3.05) is 33.2 Å². The zero-order chi connectivity index (χ0) is 28.0. The first kappa shape index (κ1) is 27.4. The molecule has 3 fully saturated rings. The second-order valence-corrected chi connectivity index (χ2v) is 12.1. The number of rotatable bonds is 9. The van der Waals surface area contributed by atoms with Gasteiger partial charge in [-0.25, -0.2) is 9.59 Å². The van der Waals surface area contributed by atoms with Crippen LogP contribution in [-0.4, -0.2) is 99.3 Å². The van der Waals surface area contributed by atoms with Crippen LogP contribution < -0.4 is 5.32 Å². The number of likely N-dealkylation sites (tertiary alicyclic amines) is 1. The summed E-state index contributed by atoms with van der Waals surface area (Å²) in [5.41, 5.74) is 0.764. The van der Waals surface area contributed by atoms with Gasteiger partial charge in [0.25, 0.3) is 5.69 Å². The van der Waals surface area contributed by atoms with Gasteiger partial charge >= 0.3 is 12.0 Å². The molecule has 4 heterocycles. The molecule has 0 radical (unpaired) electrons. The number of likely N-dealkylation sites (N-methyl/N-ethyl adjacent to an activating group) is 1. The predicted octanol–water partition coefficient (Wildman–Crippen LogP) is 1.54. The number of urea groups is 1. The third kappa shape index (κ3) is 5.10. The normalized spacial score (nSPS) is 29.4. The lowest BCUT2D eigenvalue weighted by Crippen LogP contribution is -2.63. The van der Waals surface area contributed by atoms with Gasteiger partial charge < -0.3 is 29.9 Å². The number of esters is 1. The van der Waals surface area contributed by atoms with Crippen LogP contribution in [0.15, 0.2) is 34.9 Å². The van der Waals surface area contributed by atoms with Crippen LogP contribution in [0.5, 0.6) is 0 Å². The van der Waals surface area contributed by atoms with Crippen molar-refractivity contribution in [3.63, 3.8) is 0 Å². The number of nitro groups is 1. The van der Waals surface area contributed by atoms with Crippen molar-refractivity contribution in [3.8, 4) is 0 Å². The van der Waals surface area contributed by atoms with E-state index < -0.39 is 22.9 Å². The molecule has 0 bridgehead atoms. The molecule has 5 rings (SSSR count). The van der Waals surface area contributed by atoms with Crippen LogP contribution in [0.2, 0.25) is 0 Å². The second-order valence-electron chi connectivity index (χ2n) is 10.7. The minimum atomic E-state index is -0.837. The van der Waals surface area contributed by atoms with E-state index in [1.54, 1.807) is 18.7 Å². The number of nitro benzene ring substituents is 1. The van der Waals surface area contributed by atoms with E-state index in [0.29, 0.717) is 25.2 Å². The van der Waals surface area contributed by atoms with E-state index in [1.165, 1.54) is 29.2 Å². The zero-order valence-corrected chi connectivity index (χ0v) is 22.9. The van der Waals surface area contributed by atoms with Gasteiger partial charge in [-0.2, -0.15) is 0 Å². The van der Waals surface area contributed by atoms with Crippen molar-refractivity contribution >= 4 is 35.4 Å². The Morgan fingerprint density at radius 1 is 1.31 bits per heavy atom. The summed E-state index contributed by atoms with van der Waals surface area (Å²) in [6.45, 7) is 6.22. The number of nitrogens with zero attached hydrogens (tertiary/aromatic N) is 4. The van der Waals surface area contributed by atoms with Crippen molar-refractivity contribution in [2.24, 2.45) is 11.8 Å². The molecule has 3 amide bonds. The lowest BCUT2D eigenvalue weighted by Gasteiger charge is -2.46. The lowest BCUT2D eigenvalue weighted by molar-refractivity contribution is -0.384. The first-order valence-electron chi connectivity index (χ1n) is 13.1. The van der Waals surface area contributed by atoms with Crippen molar-refractivity contribution in [2.45, 2.75) is 50.3 Å². The molecule has 1 aromatic rings. The summed E-state index contributed by atoms with van der Waals surface area (Å²) in [5, 5.41) is 24.2. The van der Waals surface area contributed by atoms with Crippen LogP contribution in [-0.2, 0) is 20.9 Å². The van der Waals surface area contributed by atoms with Gasteiger partial charge in [0.05, 0.1) is 23.0 Å². The summed E-state index contributed by atoms with van der Waals surface area (Å²) in [4.78, 5) is 55.2. The number of carbonyl (C=O) groups is 3. The molecule has 0 aliphatic carbocycles. The molecule has 0 aromatic heterocycles. The van der Waals surface area contributed by atoms with Gasteiger partial charge in [-0.15, -0.1) is 11.8 Å². The Morgan fingerprint density at radius 2 is 2.03 bits per heavy atom. The van der Waals surface area contributed by atoms with Crippen LogP contribution in [0.1, 0.15) is 25.8 Å². The van der Waals surface area contributed by atoms with E-state index in [2.05, 4.69) is 10.2 Å². The molecular formula is C26H33N5O7S. The monoisotopic (exact) mass is 559 g/mol. The molecule has 39 heavy (non-hydrogen) atoms. The van der Waals surface area contributed by atoms with Gasteiger partial charge in [-0.3, -0.25) is 14.9 Å². The smallest absolute Gasteiger partial charge is 0.356 e. The first-order valence-corrected chi connectivity index (χ1v) is 14.0. The molecule has 13 heteroatoms. The van der Waals surface area contributed by atoms with E-state index in [9.17, 15) is 29.6 Å². The average Bonchev–Trinajstić information content (AvgIpc) is 3.52. The van der Waals surface area contributed by atoms with Gasteiger partial charge in [-0.05, 0) is 38.1 Å². The molecule has 4 aliphatic heterocycles. The summed E-state index contributed by atoms with van der Waals surface area (Å²) in [6.07, 6.45) is -0.0124. The van der Waals surface area contributed by atoms with Crippen LogP contribution in [0.3, 0.4) is 0 Å². The Morgan fingerprint density at radius 3 is 2.64 bits per heavy atom. The van der Waals surface area contributed by atoms with Crippen LogP contribution >= 0.6 is 11.8 Å². The van der Waals surface area contributed by atoms with Crippen molar-refractivity contribution in [3.05, 3.63) is 50.5 Å². The zero-order valence-electron chi connectivity index (χ0n) is 22.1. The van der Waals surface area contributed by atoms with Crippen molar-refractivity contribution < 1.29 is 29.2 Å². The number of ether oxygens (including phenoxy) is 1.